The maximum absolute atomic E-state index is 11.2. The highest BCUT2D eigenvalue weighted by Gasteiger charge is 2.11. The Morgan fingerprint density at radius 2 is 2.13 bits per heavy atom. The maximum atomic E-state index is 11.2. The second-order valence-corrected chi connectivity index (χ2v) is 5.66. The number of halogens is 1. The molecule has 0 aliphatic heterocycles. The van der Waals surface area contributed by atoms with E-state index in [4.69, 9.17) is 16.9 Å². The molecule has 0 saturated carbocycles. The summed E-state index contributed by atoms with van der Waals surface area (Å²) in [5.41, 5.74) is 7.37. The lowest BCUT2D eigenvalue weighted by atomic mass is 10.2. The number of nitrogens with one attached hydrogen (secondary N) is 1. The molecule has 1 heterocycles. The third-order valence-corrected chi connectivity index (χ3v) is 3.75. The summed E-state index contributed by atoms with van der Waals surface area (Å²) in [5, 5.41) is 13.0. The number of benzene rings is 1. The maximum Gasteiger partial charge on any atom is 0.254 e. The van der Waals surface area contributed by atoms with Gasteiger partial charge >= 0.3 is 0 Å². The molecule has 0 saturated heterocycles. The first-order valence-electron chi connectivity index (χ1n) is 7.08. The van der Waals surface area contributed by atoms with Crippen LogP contribution in [0, 0.1) is 32.1 Å². The molecule has 1 aromatic heterocycles. The summed E-state index contributed by atoms with van der Waals surface area (Å²) >= 11 is 6.11. The zero-order chi connectivity index (χ0) is 17.0. The molecule has 0 spiro atoms. The molecule has 1 amide bonds. The van der Waals surface area contributed by atoms with Crippen molar-refractivity contribution in [1.82, 2.24) is 9.99 Å². The number of aromatic nitrogens is 1. The summed E-state index contributed by atoms with van der Waals surface area (Å²) in [5.74, 6) is -0.428. The molecule has 0 bridgehead atoms. The van der Waals surface area contributed by atoms with Crippen LogP contribution in [0.1, 0.15) is 28.9 Å². The van der Waals surface area contributed by atoms with E-state index in [2.05, 4.69) is 15.1 Å². The van der Waals surface area contributed by atoms with Gasteiger partial charge in [0.2, 0.25) is 0 Å². The zero-order valence-corrected chi connectivity index (χ0v) is 14.0. The molecule has 6 heteroatoms. The van der Waals surface area contributed by atoms with Crippen LogP contribution in [0.5, 0.6) is 0 Å². The molecule has 1 aromatic carbocycles. The quantitative estimate of drug-likeness (QED) is 0.690. The van der Waals surface area contributed by atoms with Crippen LogP contribution in [0.25, 0.3) is 5.69 Å². The summed E-state index contributed by atoms with van der Waals surface area (Å²) in [6.45, 7) is 6.01. The van der Waals surface area contributed by atoms with Gasteiger partial charge in [0.1, 0.15) is 6.42 Å². The second-order valence-electron chi connectivity index (χ2n) is 5.22. The fourth-order valence-corrected chi connectivity index (χ4v) is 2.56. The first-order chi connectivity index (χ1) is 10.9. The number of hydrogen-bond acceptors (Lipinski definition) is 3. The van der Waals surface area contributed by atoms with Crippen molar-refractivity contribution in [2.75, 3.05) is 0 Å². The lowest BCUT2D eigenvalue weighted by molar-refractivity contribution is -0.120. The summed E-state index contributed by atoms with van der Waals surface area (Å²) in [6, 6.07) is 9.52. The van der Waals surface area contributed by atoms with E-state index in [1.54, 1.807) is 12.3 Å². The number of carbonyl (C=O) groups is 1. The predicted octanol–water partition coefficient (Wildman–Crippen LogP) is 3.42. The minimum Gasteiger partial charge on any atom is -0.318 e. The Balaban J connectivity index is 2.33. The van der Waals surface area contributed by atoms with Crippen LogP contribution in [0.3, 0.4) is 0 Å². The number of rotatable bonds is 4. The van der Waals surface area contributed by atoms with Gasteiger partial charge in [-0.05, 0) is 44.5 Å². The Hall–Kier alpha value is -2.58. The fourth-order valence-electron chi connectivity index (χ4n) is 2.40. The number of amides is 1. The average molecular weight is 329 g/mol. The van der Waals surface area contributed by atoms with Gasteiger partial charge in [0.05, 0.1) is 12.3 Å². The molecule has 5 nitrogen and oxygen atoms in total. The van der Waals surface area contributed by atoms with Gasteiger partial charge in [0.15, 0.2) is 0 Å². The predicted molar refractivity (Wildman–Crippen MR) is 91.0 cm³/mol. The minimum atomic E-state index is -0.428. The molecule has 2 rings (SSSR count). The average Bonchev–Trinajstić information content (AvgIpc) is 2.77. The van der Waals surface area contributed by atoms with E-state index in [0.29, 0.717) is 5.02 Å². The van der Waals surface area contributed by atoms with Crippen LogP contribution >= 0.6 is 11.6 Å². The minimum absolute atomic E-state index is 0.210. The number of aryl methyl sites for hydroxylation is 2. The van der Waals surface area contributed by atoms with Gasteiger partial charge in [-0.15, -0.1) is 0 Å². The highest BCUT2D eigenvalue weighted by atomic mass is 35.5. The Kier molecular flexibility index (Phi) is 5.20. The van der Waals surface area contributed by atoms with Gasteiger partial charge in [0.25, 0.3) is 5.91 Å². The van der Waals surface area contributed by atoms with Crippen LogP contribution in [-0.2, 0) is 4.79 Å². The zero-order valence-electron chi connectivity index (χ0n) is 13.2. The molecule has 1 N–H and O–H groups in total. The Labute approximate surface area is 140 Å². The summed E-state index contributed by atoms with van der Waals surface area (Å²) in [7, 11) is 0. The molecule has 23 heavy (non-hydrogen) atoms. The Morgan fingerprint density at radius 1 is 1.39 bits per heavy atom. The van der Waals surface area contributed by atoms with Crippen molar-refractivity contribution in [2.24, 2.45) is 5.10 Å². The van der Waals surface area contributed by atoms with Crippen molar-refractivity contribution >= 4 is 23.7 Å². The number of carbonyl (C=O) groups excluding carboxylic acids is 1. The van der Waals surface area contributed by atoms with E-state index in [-0.39, 0.29) is 6.42 Å². The van der Waals surface area contributed by atoms with Crippen molar-refractivity contribution in [1.29, 1.82) is 5.26 Å². The molecule has 118 valence electrons. The number of hydrogen-bond donors (Lipinski definition) is 1. The van der Waals surface area contributed by atoms with E-state index in [1.807, 2.05) is 45.0 Å². The number of hydrazone groups is 1. The highest BCUT2D eigenvalue weighted by Crippen LogP contribution is 2.25. The summed E-state index contributed by atoms with van der Waals surface area (Å²) < 4.78 is 2.10. The van der Waals surface area contributed by atoms with Gasteiger partial charge in [0, 0.05) is 27.7 Å². The molecule has 0 aliphatic carbocycles. The van der Waals surface area contributed by atoms with Crippen molar-refractivity contribution in [3.05, 3.63) is 51.8 Å². The summed E-state index contributed by atoms with van der Waals surface area (Å²) in [6.07, 6.45) is 1.37. The fraction of sp³-hybridized carbons (Fsp3) is 0.235. The van der Waals surface area contributed by atoms with Crippen LogP contribution in [0.2, 0.25) is 5.02 Å². The Morgan fingerprint density at radius 3 is 2.83 bits per heavy atom. The molecular weight excluding hydrogens is 312 g/mol. The van der Waals surface area contributed by atoms with Gasteiger partial charge in [-0.2, -0.15) is 10.4 Å². The van der Waals surface area contributed by atoms with Crippen molar-refractivity contribution in [3.8, 4) is 11.8 Å². The van der Waals surface area contributed by atoms with Gasteiger partial charge in [-0.3, -0.25) is 4.79 Å². The standard InChI is InChI=1S/C17H17ClN4O/c1-11-4-5-15(18)9-16(11)22-12(2)8-14(13(22)3)10-20-21-17(23)6-7-19/h4-5,8-10H,6H2,1-3H3,(H,21,23). The lowest BCUT2D eigenvalue weighted by Crippen LogP contribution is -2.16. The largest absolute Gasteiger partial charge is 0.318 e. The van der Waals surface area contributed by atoms with Crippen LogP contribution < -0.4 is 5.43 Å². The van der Waals surface area contributed by atoms with E-state index < -0.39 is 5.91 Å². The van der Waals surface area contributed by atoms with Gasteiger partial charge in [-0.25, -0.2) is 5.43 Å². The van der Waals surface area contributed by atoms with Crippen LogP contribution in [0.15, 0.2) is 29.4 Å². The van der Waals surface area contributed by atoms with Gasteiger partial charge < -0.3 is 4.57 Å². The molecule has 0 radical (unpaired) electrons. The van der Waals surface area contributed by atoms with E-state index in [0.717, 1.165) is 28.2 Å². The van der Waals surface area contributed by atoms with E-state index in [1.165, 1.54) is 0 Å². The summed E-state index contributed by atoms with van der Waals surface area (Å²) in [4.78, 5) is 11.2. The SMILES string of the molecule is Cc1ccc(Cl)cc1-n1c(C)cc(C=NNC(=O)CC#N)c1C. The molecule has 0 unspecified atom stereocenters. The van der Waals surface area contributed by atoms with E-state index in [9.17, 15) is 4.79 Å². The van der Waals surface area contributed by atoms with Crippen molar-refractivity contribution in [2.45, 2.75) is 27.2 Å². The number of nitrogens with zero attached hydrogens (tertiary/aromatic N) is 3. The third kappa shape index (κ3) is 3.79. The van der Waals surface area contributed by atoms with Crippen LogP contribution in [-0.4, -0.2) is 16.7 Å². The first kappa shape index (κ1) is 16.8. The highest BCUT2D eigenvalue weighted by molar-refractivity contribution is 6.30. The molecule has 2 aromatic rings. The topological polar surface area (TPSA) is 70.2 Å². The van der Waals surface area contributed by atoms with E-state index >= 15 is 0 Å². The van der Waals surface area contributed by atoms with Crippen molar-refractivity contribution < 1.29 is 4.79 Å². The molecular formula is C17H17ClN4O. The lowest BCUT2D eigenvalue weighted by Gasteiger charge is -2.13. The number of nitriles is 1. The molecule has 0 atom stereocenters. The monoisotopic (exact) mass is 328 g/mol. The first-order valence-corrected chi connectivity index (χ1v) is 7.46. The molecule has 0 fully saturated rings. The third-order valence-electron chi connectivity index (χ3n) is 3.51. The normalized spacial score (nSPS) is 10.7. The smallest absolute Gasteiger partial charge is 0.254 e. The van der Waals surface area contributed by atoms with Crippen molar-refractivity contribution in [3.63, 3.8) is 0 Å². The van der Waals surface area contributed by atoms with Gasteiger partial charge in [-0.1, -0.05) is 17.7 Å². The Bertz CT molecular complexity index is 815. The molecule has 0 aliphatic rings. The second kappa shape index (κ2) is 7.12. The van der Waals surface area contributed by atoms with Crippen LogP contribution in [0.4, 0.5) is 0 Å².